The molecule has 0 saturated heterocycles. The molecule has 0 amide bonds. The fraction of sp³-hybridized carbons (Fsp3) is 0.538. The van der Waals surface area contributed by atoms with E-state index in [1.807, 2.05) is 0 Å². The first kappa shape index (κ1) is 15.9. The molecule has 8 heteroatoms. The van der Waals surface area contributed by atoms with Gasteiger partial charge in [-0.25, -0.2) is 13.1 Å². The van der Waals surface area contributed by atoms with Gasteiger partial charge in [0.25, 0.3) is 5.69 Å². The van der Waals surface area contributed by atoms with E-state index in [2.05, 4.69) is 4.72 Å². The second kappa shape index (κ2) is 6.08. The largest absolute Gasteiger partial charge is 0.326 e. The maximum atomic E-state index is 12.5. The van der Waals surface area contributed by atoms with Crippen LogP contribution in [0.15, 0.2) is 23.1 Å². The lowest BCUT2D eigenvalue weighted by Crippen LogP contribution is -2.49. The van der Waals surface area contributed by atoms with Crippen LogP contribution in [0.25, 0.3) is 0 Å². The van der Waals surface area contributed by atoms with Crippen LogP contribution in [0.4, 0.5) is 5.69 Å². The third-order valence-corrected chi connectivity index (χ3v) is 5.43. The van der Waals surface area contributed by atoms with Gasteiger partial charge in [-0.2, -0.15) is 0 Å². The highest BCUT2D eigenvalue weighted by molar-refractivity contribution is 7.89. The minimum atomic E-state index is -3.81. The molecule has 1 fully saturated rings. The van der Waals surface area contributed by atoms with Gasteiger partial charge in [0.1, 0.15) is 0 Å². The Morgan fingerprint density at radius 1 is 1.33 bits per heavy atom. The lowest BCUT2D eigenvalue weighted by Gasteiger charge is -2.29. The summed E-state index contributed by atoms with van der Waals surface area (Å²) in [5.41, 5.74) is 6.17. The van der Waals surface area contributed by atoms with Crippen molar-refractivity contribution in [1.29, 1.82) is 0 Å². The molecule has 3 N–H and O–H groups in total. The predicted octanol–water partition coefficient (Wildman–Crippen LogP) is 1.45. The molecule has 0 radical (unpaired) electrons. The van der Waals surface area contributed by atoms with Gasteiger partial charge in [0, 0.05) is 24.2 Å². The third kappa shape index (κ3) is 3.58. The molecule has 0 unspecified atom stereocenters. The second-order valence-corrected chi connectivity index (χ2v) is 7.07. The van der Waals surface area contributed by atoms with Crippen LogP contribution < -0.4 is 10.5 Å². The highest BCUT2D eigenvalue weighted by Gasteiger charge is 2.28. The van der Waals surface area contributed by atoms with Crippen molar-refractivity contribution < 1.29 is 13.3 Å². The Morgan fingerprint density at radius 2 is 2.00 bits per heavy atom. The summed E-state index contributed by atoms with van der Waals surface area (Å²) >= 11 is 0. The van der Waals surface area contributed by atoms with Gasteiger partial charge in [0.05, 0.1) is 9.82 Å². The number of nitrogens with two attached hydrogens (primary N) is 1. The Bertz CT molecular complexity index is 645. The van der Waals surface area contributed by atoms with E-state index in [-0.39, 0.29) is 22.7 Å². The first-order valence-corrected chi connectivity index (χ1v) is 8.32. The van der Waals surface area contributed by atoms with Gasteiger partial charge in [0.2, 0.25) is 10.0 Å². The zero-order valence-electron chi connectivity index (χ0n) is 11.8. The van der Waals surface area contributed by atoms with E-state index in [1.54, 1.807) is 6.92 Å². The molecule has 2 rings (SSSR count). The number of hydrogen-bond donors (Lipinski definition) is 2. The van der Waals surface area contributed by atoms with Gasteiger partial charge >= 0.3 is 0 Å². The zero-order valence-corrected chi connectivity index (χ0v) is 12.6. The van der Waals surface area contributed by atoms with Crippen LogP contribution in [-0.4, -0.2) is 25.4 Å². The van der Waals surface area contributed by atoms with Crippen LogP contribution in [-0.2, 0) is 10.0 Å². The summed E-state index contributed by atoms with van der Waals surface area (Å²) in [6, 6.07) is 3.29. The van der Waals surface area contributed by atoms with Gasteiger partial charge in [0.15, 0.2) is 0 Å². The van der Waals surface area contributed by atoms with Crippen LogP contribution in [0.5, 0.6) is 0 Å². The molecule has 0 aromatic heterocycles. The van der Waals surface area contributed by atoms with Crippen molar-refractivity contribution in [3.05, 3.63) is 33.9 Å². The van der Waals surface area contributed by atoms with Crippen molar-refractivity contribution in [2.75, 3.05) is 0 Å². The number of benzene rings is 1. The van der Waals surface area contributed by atoms with Crippen LogP contribution in [0.1, 0.15) is 31.2 Å². The summed E-state index contributed by atoms with van der Waals surface area (Å²) in [6.07, 6.45) is 3.39. The summed E-state index contributed by atoms with van der Waals surface area (Å²) in [7, 11) is -3.81. The molecule has 1 aromatic carbocycles. The summed E-state index contributed by atoms with van der Waals surface area (Å²) in [5.74, 6) is 0. The van der Waals surface area contributed by atoms with E-state index in [0.29, 0.717) is 12.0 Å². The number of sulfonamides is 1. The molecule has 1 saturated carbocycles. The maximum absolute atomic E-state index is 12.5. The molecule has 7 nitrogen and oxygen atoms in total. The highest BCUT2D eigenvalue weighted by Crippen LogP contribution is 2.24. The summed E-state index contributed by atoms with van der Waals surface area (Å²) in [6.45, 7) is 1.61. The average Bonchev–Trinajstić information content (AvgIpc) is 2.41. The van der Waals surface area contributed by atoms with E-state index in [9.17, 15) is 18.5 Å². The van der Waals surface area contributed by atoms with Crippen LogP contribution in [0.3, 0.4) is 0 Å². The Balaban J connectivity index is 2.30. The Hall–Kier alpha value is -1.51. The molecule has 1 aliphatic carbocycles. The van der Waals surface area contributed by atoms with Gasteiger partial charge in [-0.15, -0.1) is 0 Å². The molecule has 1 aliphatic rings. The zero-order chi connectivity index (χ0) is 15.6. The summed E-state index contributed by atoms with van der Waals surface area (Å²) in [5, 5.41) is 10.8. The average molecular weight is 313 g/mol. The Kier molecular flexibility index (Phi) is 4.60. The van der Waals surface area contributed by atoms with Gasteiger partial charge < -0.3 is 5.73 Å². The summed E-state index contributed by atoms with van der Waals surface area (Å²) in [4.78, 5) is 10.1. The van der Waals surface area contributed by atoms with E-state index in [4.69, 9.17) is 5.73 Å². The first-order chi connectivity index (χ1) is 9.81. The van der Waals surface area contributed by atoms with E-state index >= 15 is 0 Å². The van der Waals surface area contributed by atoms with Crippen molar-refractivity contribution in [2.45, 2.75) is 49.6 Å². The number of nitro benzene ring substituents is 1. The maximum Gasteiger partial charge on any atom is 0.270 e. The molecule has 0 bridgehead atoms. The molecule has 2 atom stereocenters. The lowest BCUT2D eigenvalue weighted by atomic mass is 9.92. The molecular formula is C13H19N3O4S. The molecule has 0 heterocycles. The van der Waals surface area contributed by atoms with Crippen molar-refractivity contribution >= 4 is 15.7 Å². The normalized spacial score (nSPS) is 23.0. The Morgan fingerprint density at radius 3 is 2.62 bits per heavy atom. The number of non-ortho nitro benzene ring substituents is 1. The topological polar surface area (TPSA) is 115 Å². The number of nitrogens with zero attached hydrogens (tertiary/aromatic N) is 1. The molecular weight excluding hydrogens is 294 g/mol. The molecule has 0 aliphatic heterocycles. The van der Waals surface area contributed by atoms with Gasteiger partial charge in [-0.3, -0.25) is 10.1 Å². The quantitative estimate of drug-likeness (QED) is 0.645. The van der Waals surface area contributed by atoms with Gasteiger partial charge in [-0.1, -0.05) is 18.9 Å². The number of aryl methyl sites for hydroxylation is 1. The van der Waals surface area contributed by atoms with E-state index < -0.39 is 14.9 Å². The van der Waals surface area contributed by atoms with Crippen molar-refractivity contribution in [2.24, 2.45) is 5.73 Å². The molecule has 1 aromatic rings. The molecule has 116 valence electrons. The third-order valence-electron chi connectivity index (χ3n) is 3.80. The number of nitrogens with one attached hydrogen (secondary N) is 1. The minimum absolute atomic E-state index is 0.0607. The van der Waals surface area contributed by atoms with Crippen LogP contribution in [0.2, 0.25) is 0 Å². The standard InChI is InChI=1S/C13H19N3O4S/c1-9-6-7-10(16(17)18)8-13(9)21(19,20)15-12-5-3-2-4-11(12)14/h6-8,11-12,15H,2-5,14H2,1H3/t11-,12-/m1/s1. The van der Waals surface area contributed by atoms with Crippen molar-refractivity contribution in [1.82, 2.24) is 4.72 Å². The van der Waals surface area contributed by atoms with E-state index in [0.717, 1.165) is 25.3 Å². The minimum Gasteiger partial charge on any atom is -0.326 e. The predicted molar refractivity (Wildman–Crippen MR) is 78.4 cm³/mol. The molecule has 21 heavy (non-hydrogen) atoms. The Labute approximate surface area is 123 Å². The number of hydrogen-bond acceptors (Lipinski definition) is 5. The number of nitro groups is 1. The second-order valence-electron chi connectivity index (χ2n) is 5.38. The van der Waals surface area contributed by atoms with Crippen molar-refractivity contribution in [3.8, 4) is 0 Å². The van der Waals surface area contributed by atoms with E-state index in [1.165, 1.54) is 12.1 Å². The number of rotatable bonds is 4. The monoisotopic (exact) mass is 313 g/mol. The first-order valence-electron chi connectivity index (χ1n) is 6.84. The van der Waals surface area contributed by atoms with Crippen LogP contribution in [0, 0.1) is 17.0 Å². The fourth-order valence-corrected chi connectivity index (χ4v) is 4.15. The lowest BCUT2D eigenvalue weighted by molar-refractivity contribution is -0.385. The van der Waals surface area contributed by atoms with Gasteiger partial charge in [-0.05, 0) is 25.3 Å². The highest BCUT2D eigenvalue weighted by atomic mass is 32.2. The smallest absolute Gasteiger partial charge is 0.270 e. The SMILES string of the molecule is Cc1ccc([N+](=O)[O-])cc1S(=O)(=O)N[C@@H]1CCCC[C@H]1N. The van der Waals surface area contributed by atoms with Crippen LogP contribution >= 0.6 is 0 Å². The summed E-state index contributed by atoms with van der Waals surface area (Å²) < 4.78 is 27.5. The fourth-order valence-electron chi connectivity index (χ4n) is 2.56. The molecule has 0 spiro atoms. The van der Waals surface area contributed by atoms with Crippen molar-refractivity contribution in [3.63, 3.8) is 0 Å².